The molecule has 1 rings (SSSR count). The van der Waals surface area contributed by atoms with Gasteiger partial charge in [0.05, 0.1) is 12.2 Å². The maximum atomic E-state index is 12.1. The van der Waals surface area contributed by atoms with Gasteiger partial charge in [-0.2, -0.15) is 0 Å². The van der Waals surface area contributed by atoms with Crippen molar-refractivity contribution in [2.45, 2.75) is 6.92 Å². The van der Waals surface area contributed by atoms with Crippen LogP contribution in [0.3, 0.4) is 0 Å². The molecule has 0 radical (unpaired) electrons. The summed E-state index contributed by atoms with van der Waals surface area (Å²) in [5.41, 5.74) is 6.62. The van der Waals surface area contributed by atoms with E-state index in [1.165, 1.54) is 6.20 Å². The lowest BCUT2D eigenvalue weighted by atomic mass is 10.2. The van der Waals surface area contributed by atoms with Gasteiger partial charge in [-0.25, -0.2) is 0 Å². The summed E-state index contributed by atoms with van der Waals surface area (Å²) in [5, 5.41) is 0. The molecular formula is C11H17N3O2. The smallest absolute Gasteiger partial charge is 0.257 e. The van der Waals surface area contributed by atoms with E-state index >= 15 is 0 Å². The highest BCUT2D eigenvalue weighted by atomic mass is 16.5. The molecule has 0 saturated heterocycles. The molecule has 0 saturated carbocycles. The van der Waals surface area contributed by atoms with E-state index in [1.807, 2.05) is 6.92 Å². The van der Waals surface area contributed by atoms with Gasteiger partial charge < -0.3 is 15.4 Å². The molecule has 0 aromatic carbocycles. The number of amides is 1. The molecule has 1 aromatic rings. The summed E-state index contributed by atoms with van der Waals surface area (Å²) in [7, 11) is 1.61. The summed E-state index contributed by atoms with van der Waals surface area (Å²) in [6.07, 6.45) is 3.06. The van der Waals surface area contributed by atoms with Crippen molar-refractivity contribution in [2.24, 2.45) is 0 Å². The van der Waals surface area contributed by atoms with Crippen LogP contribution in [-0.4, -0.2) is 42.6 Å². The van der Waals surface area contributed by atoms with Crippen LogP contribution in [0.2, 0.25) is 0 Å². The van der Waals surface area contributed by atoms with Crippen LogP contribution in [0.1, 0.15) is 17.3 Å². The predicted molar refractivity (Wildman–Crippen MR) is 62.1 cm³/mol. The number of methoxy groups -OCH3 is 1. The first-order valence-corrected chi connectivity index (χ1v) is 5.18. The van der Waals surface area contributed by atoms with Crippen LogP contribution in [0.15, 0.2) is 18.5 Å². The predicted octanol–water partition coefficient (Wildman–Crippen LogP) is 0.772. The molecule has 5 nitrogen and oxygen atoms in total. The van der Waals surface area contributed by atoms with Crippen molar-refractivity contribution in [1.82, 2.24) is 9.88 Å². The van der Waals surface area contributed by atoms with Gasteiger partial charge in [0.1, 0.15) is 0 Å². The third-order valence-electron chi connectivity index (χ3n) is 2.32. The number of nitrogens with zero attached hydrogens (tertiary/aromatic N) is 2. The minimum Gasteiger partial charge on any atom is -0.398 e. The van der Waals surface area contributed by atoms with Crippen molar-refractivity contribution in [3.05, 3.63) is 24.0 Å². The molecular weight excluding hydrogens is 206 g/mol. The summed E-state index contributed by atoms with van der Waals surface area (Å²) in [6, 6.07) is 1.62. The Morgan fingerprint density at radius 3 is 2.94 bits per heavy atom. The van der Waals surface area contributed by atoms with E-state index in [2.05, 4.69) is 4.98 Å². The van der Waals surface area contributed by atoms with E-state index in [4.69, 9.17) is 10.5 Å². The largest absolute Gasteiger partial charge is 0.398 e. The Morgan fingerprint density at radius 2 is 2.38 bits per heavy atom. The summed E-state index contributed by atoms with van der Waals surface area (Å²) < 4.78 is 4.95. The van der Waals surface area contributed by atoms with Crippen LogP contribution in [0, 0.1) is 0 Å². The first-order valence-electron chi connectivity index (χ1n) is 5.18. The van der Waals surface area contributed by atoms with Crippen LogP contribution in [0.4, 0.5) is 5.69 Å². The van der Waals surface area contributed by atoms with Gasteiger partial charge in [-0.1, -0.05) is 0 Å². The molecule has 5 heteroatoms. The maximum absolute atomic E-state index is 12.1. The SMILES string of the molecule is CCN(CCOC)C(=O)c1cnccc1N. The zero-order valence-electron chi connectivity index (χ0n) is 9.64. The van der Waals surface area contributed by atoms with Crippen molar-refractivity contribution >= 4 is 11.6 Å². The van der Waals surface area contributed by atoms with E-state index in [1.54, 1.807) is 24.3 Å². The Labute approximate surface area is 95.2 Å². The van der Waals surface area contributed by atoms with Crippen LogP contribution >= 0.6 is 0 Å². The maximum Gasteiger partial charge on any atom is 0.257 e. The van der Waals surface area contributed by atoms with Crippen LogP contribution < -0.4 is 5.73 Å². The molecule has 1 heterocycles. The van der Waals surface area contributed by atoms with Gasteiger partial charge in [0, 0.05) is 38.3 Å². The first-order chi connectivity index (χ1) is 7.70. The number of pyridine rings is 1. The number of aromatic nitrogens is 1. The molecule has 0 aliphatic carbocycles. The summed E-state index contributed by atoms with van der Waals surface area (Å²) in [5.74, 6) is -0.106. The van der Waals surface area contributed by atoms with E-state index < -0.39 is 0 Å². The van der Waals surface area contributed by atoms with Gasteiger partial charge in [-0.15, -0.1) is 0 Å². The number of anilines is 1. The highest BCUT2D eigenvalue weighted by Crippen LogP contribution is 2.11. The van der Waals surface area contributed by atoms with Crippen molar-refractivity contribution in [3.63, 3.8) is 0 Å². The molecule has 0 atom stereocenters. The lowest BCUT2D eigenvalue weighted by Gasteiger charge is -2.20. The number of carbonyl (C=O) groups is 1. The Kier molecular flexibility index (Phi) is 4.72. The zero-order valence-corrected chi connectivity index (χ0v) is 9.64. The van der Waals surface area contributed by atoms with Crippen molar-refractivity contribution in [2.75, 3.05) is 32.5 Å². The van der Waals surface area contributed by atoms with Crippen molar-refractivity contribution < 1.29 is 9.53 Å². The molecule has 0 fully saturated rings. The molecule has 0 bridgehead atoms. The average molecular weight is 223 g/mol. The third kappa shape index (κ3) is 2.93. The van der Waals surface area contributed by atoms with Gasteiger partial charge in [0.25, 0.3) is 5.91 Å². The third-order valence-corrected chi connectivity index (χ3v) is 2.32. The van der Waals surface area contributed by atoms with E-state index in [9.17, 15) is 4.79 Å². The molecule has 88 valence electrons. The number of nitrogen functional groups attached to an aromatic ring is 1. The Morgan fingerprint density at radius 1 is 1.62 bits per heavy atom. The van der Waals surface area contributed by atoms with Crippen LogP contribution in [0.25, 0.3) is 0 Å². The second-order valence-corrected chi connectivity index (χ2v) is 3.34. The van der Waals surface area contributed by atoms with Gasteiger partial charge in [-0.3, -0.25) is 9.78 Å². The first kappa shape index (κ1) is 12.4. The van der Waals surface area contributed by atoms with Crippen LogP contribution in [-0.2, 0) is 4.74 Å². The summed E-state index contributed by atoms with van der Waals surface area (Å²) in [4.78, 5) is 17.6. The van der Waals surface area contributed by atoms with E-state index in [0.29, 0.717) is 30.9 Å². The van der Waals surface area contributed by atoms with E-state index in [-0.39, 0.29) is 5.91 Å². The number of carbonyl (C=O) groups excluding carboxylic acids is 1. The lowest BCUT2D eigenvalue weighted by Crippen LogP contribution is -2.34. The number of rotatable bonds is 5. The molecule has 0 aliphatic rings. The van der Waals surface area contributed by atoms with E-state index in [0.717, 1.165) is 0 Å². The van der Waals surface area contributed by atoms with Gasteiger partial charge in [-0.05, 0) is 13.0 Å². The summed E-state index contributed by atoms with van der Waals surface area (Å²) in [6.45, 7) is 3.61. The fourth-order valence-corrected chi connectivity index (χ4v) is 1.36. The molecule has 1 amide bonds. The summed E-state index contributed by atoms with van der Waals surface area (Å²) >= 11 is 0. The highest BCUT2D eigenvalue weighted by molar-refractivity contribution is 5.98. The normalized spacial score (nSPS) is 10.1. The average Bonchev–Trinajstić information content (AvgIpc) is 2.30. The fourth-order valence-electron chi connectivity index (χ4n) is 1.36. The topological polar surface area (TPSA) is 68.5 Å². The Hall–Kier alpha value is -1.62. The standard InChI is InChI=1S/C11H17N3O2/c1-3-14(6-7-16-2)11(15)9-8-13-5-4-10(9)12/h4-5,8H,3,6-7H2,1-2H3,(H2,12,13). The molecule has 0 unspecified atom stereocenters. The highest BCUT2D eigenvalue weighted by Gasteiger charge is 2.16. The molecule has 1 aromatic heterocycles. The molecule has 0 aliphatic heterocycles. The second kappa shape index (κ2) is 6.07. The number of hydrogen-bond donors (Lipinski definition) is 1. The Balaban J connectivity index is 2.79. The fraction of sp³-hybridized carbons (Fsp3) is 0.455. The quantitative estimate of drug-likeness (QED) is 0.800. The van der Waals surface area contributed by atoms with Crippen molar-refractivity contribution in [1.29, 1.82) is 0 Å². The minimum atomic E-state index is -0.106. The Bertz CT molecular complexity index is 355. The molecule has 0 spiro atoms. The number of likely N-dealkylation sites (N-methyl/N-ethyl adjacent to an activating group) is 1. The molecule has 16 heavy (non-hydrogen) atoms. The number of nitrogens with two attached hydrogens (primary N) is 1. The van der Waals surface area contributed by atoms with Gasteiger partial charge in [0.15, 0.2) is 0 Å². The van der Waals surface area contributed by atoms with Crippen LogP contribution in [0.5, 0.6) is 0 Å². The van der Waals surface area contributed by atoms with Gasteiger partial charge in [0.2, 0.25) is 0 Å². The van der Waals surface area contributed by atoms with Crippen molar-refractivity contribution in [3.8, 4) is 0 Å². The second-order valence-electron chi connectivity index (χ2n) is 3.34. The molecule has 2 N–H and O–H groups in total. The number of ether oxygens (including phenoxy) is 1. The lowest BCUT2D eigenvalue weighted by molar-refractivity contribution is 0.0707. The minimum absolute atomic E-state index is 0.106. The zero-order chi connectivity index (χ0) is 12.0. The monoisotopic (exact) mass is 223 g/mol. The number of hydrogen-bond acceptors (Lipinski definition) is 4. The van der Waals surface area contributed by atoms with Gasteiger partial charge >= 0.3 is 0 Å².